The second-order valence-corrected chi connectivity index (χ2v) is 3.85. The van der Waals surface area contributed by atoms with Crippen molar-refractivity contribution in [2.45, 2.75) is 0 Å². The van der Waals surface area contributed by atoms with Crippen molar-refractivity contribution in [2.75, 3.05) is 12.4 Å². The number of hydrogen-bond donors (Lipinski definition) is 3. The summed E-state index contributed by atoms with van der Waals surface area (Å²) in [6, 6.07) is 4.39. The maximum absolute atomic E-state index is 10.6. The van der Waals surface area contributed by atoms with Gasteiger partial charge in [-0.05, 0) is 18.2 Å². The third kappa shape index (κ3) is 2.44. The first-order valence-corrected chi connectivity index (χ1v) is 5.42. The Bertz CT molecular complexity index is 621. The van der Waals surface area contributed by atoms with Gasteiger partial charge in [0.05, 0.1) is 13.3 Å². The molecule has 0 spiro atoms. The molecule has 0 aliphatic carbocycles. The van der Waals surface area contributed by atoms with Crippen molar-refractivity contribution in [3.63, 3.8) is 0 Å². The maximum Gasteiger partial charge on any atom is 0.409 e. The number of aromatic hydroxyl groups is 1. The summed E-state index contributed by atoms with van der Waals surface area (Å²) in [6.07, 6.45) is 0.347. The molecule has 0 saturated carbocycles. The van der Waals surface area contributed by atoms with Gasteiger partial charge in [-0.25, -0.2) is 4.79 Å². The van der Waals surface area contributed by atoms with E-state index in [0.29, 0.717) is 22.7 Å². The first kappa shape index (κ1) is 12.7. The molecule has 0 aliphatic heterocycles. The number of carboxylic acid groups (broad SMARTS) is 1. The Morgan fingerprint density at radius 3 is 2.84 bits per heavy atom. The van der Waals surface area contributed by atoms with Gasteiger partial charge >= 0.3 is 6.09 Å². The van der Waals surface area contributed by atoms with Crippen molar-refractivity contribution in [3.8, 4) is 22.8 Å². The number of methoxy groups -OCH3 is 1. The average Bonchev–Trinajstić information content (AvgIpc) is 2.72. The Labute approximate surface area is 109 Å². The quantitative estimate of drug-likeness (QED) is 0.735. The van der Waals surface area contributed by atoms with E-state index in [1.54, 1.807) is 11.7 Å². The molecule has 0 aliphatic rings. The van der Waals surface area contributed by atoms with Crippen LogP contribution in [0.4, 0.5) is 10.5 Å². The van der Waals surface area contributed by atoms with E-state index in [4.69, 9.17) is 9.84 Å². The van der Waals surface area contributed by atoms with Gasteiger partial charge in [0.15, 0.2) is 5.75 Å². The molecule has 1 heterocycles. The minimum atomic E-state index is -1.17. The molecular weight excluding hydrogens is 250 g/mol. The lowest BCUT2D eigenvalue weighted by molar-refractivity contribution is 0.209. The van der Waals surface area contributed by atoms with Gasteiger partial charge in [0.1, 0.15) is 11.4 Å². The zero-order valence-electron chi connectivity index (χ0n) is 10.4. The Kier molecular flexibility index (Phi) is 3.28. The summed E-state index contributed by atoms with van der Waals surface area (Å²) >= 11 is 0. The van der Waals surface area contributed by atoms with Crippen molar-refractivity contribution in [3.05, 3.63) is 24.4 Å². The average molecular weight is 263 g/mol. The molecule has 2 rings (SSSR count). The summed E-state index contributed by atoms with van der Waals surface area (Å²) in [5, 5.41) is 24.9. The molecule has 100 valence electrons. The molecule has 1 aromatic carbocycles. The topological polar surface area (TPSA) is 96.6 Å². The van der Waals surface area contributed by atoms with Crippen molar-refractivity contribution in [2.24, 2.45) is 7.05 Å². The van der Waals surface area contributed by atoms with Gasteiger partial charge in [-0.3, -0.25) is 10.00 Å². The number of phenols is 1. The number of benzene rings is 1. The van der Waals surface area contributed by atoms with Crippen molar-refractivity contribution < 1.29 is 19.7 Å². The Morgan fingerprint density at radius 1 is 1.47 bits per heavy atom. The van der Waals surface area contributed by atoms with Gasteiger partial charge < -0.3 is 14.9 Å². The SMILES string of the molecule is COc1cnn(C)c1-c1cc(NC(=O)O)ccc1O. The fourth-order valence-corrected chi connectivity index (χ4v) is 1.80. The lowest BCUT2D eigenvalue weighted by Crippen LogP contribution is -2.07. The smallest absolute Gasteiger partial charge is 0.409 e. The van der Waals surface area contributed by atoms with Gasteiger partial charge in [-0.15, -0.1) is 0 Å². The number of nitrogens with zero attached hydrogens (tertiary/aromatic N) is 2. The highest BCUT2D eigenvalue weighted by molar-refractivity contribution is 5.85. The summed E-state index contributed by atoms with van der Waals surface area (Å²) < 4.78 is 6.71. The first-order valence-electron chi connectivity index (χ1n) is 5.42. The Hall–Kier alpha value is -2.70. The van der Waals surface area contributed by atoms with E-state index in [1.165, 1.54) is 31.5 Å². The number of phenolic OH excluding ortho intramolecular Hbond substituents is 1. The molecule has 0 bridgehead atoms. The predicted octanol–water partition coefficient (Wildman–Crippen LogP) is 1.89. The lowest BCUT2D eigenvalue weighted by Gasteiger charge is -2.10. The van der Waals surface area contributed by atoms with Crippen LogP contribution >= 0.6 is 0 Å². The van der Waals surface area contributed by atoms with E-state index in [1.807, 2.05) is 0 Å². The highest BCUT2D eigenvalue weighted by Gasteiger charge is 2.16. The van der Waals surface area contributed by atoms with Gasteiger partial charge in [-0.1, -0.05) is 0 Å². The van der Waals surface area contributed by atoms with Crippen LogP contribution in [-0.2, 0) is 7.05 Å². The molecule has 7 heteroatoms. The number of ether oxygens (including phenoxy) is 1. The standard InChI is InChI=1S/C12H13N3O4/c1-15-11(10(19-2)6-13-15)8-5-7(14-12(17)18)3-4-9(8)16/h3-6,14,16H,1-2H3,(H,17,18). The van der Waals surface area contributed by atoms with Crippen LogP contribution in [0.2, 0.25) is 0 Å². The molecule has 7 nitrogen and oxygen atoms in total. The van der Waals surface area contributed by atoms with Gasteiger partial charge in [-0.2, -0.15) is 5.10 Å². The van der Waals surface area contributed by atoms with Crippen LogP contribution in [0.1, 0.15) is 0 Å². The number of rotatable bonds is 3. The number of aromatic nitrogens is 2. The maximum atomic E-state index is 10.6. The second kappa shape index (κ2) is 4.89. The van der Waals surface area contributed by atoms with Crippen LogP contribution < -0.4 is 10.1 Å². The molecule has 1 aromatic heterocycles. The Morgan fingerprint density at radius 2 is 2.21 bits per heavy atom. The van der Waals surface area contributed by atoms with Gasteiger partial charge in [0.2, 0.25) is 0 Å². The van der Waals surface area contributed by atoms with Crippen LogP contribution in [0.5, 0.6) is 11.5 Å². The predicted molar refractivity (Wildman–Crippen MR) is 68.5 cm³/mol. The van der Waals surface area contributed by atoms with Crippen LogP contribution in [0.25, 0.3) is 11.3 Å². The molecule has 3 N–H and O–H groups in total. The molecule has 0 radical (unpaired) electrons. The summed E-state index contributed by atoms with van der Waals surface area (Å²) in [7, 11) is 3.20. The number of nitrogens with one attached hydrogen (secondary N) is 1. The summed E-state index contributed by atoms with van der Waals surface area (Å²) in [6.45, 7) is 0. The van der Waals surface area contributed by atoms with Crippen LogP contribution in [0.15, 0.2) is 24.4 Å². The van der Waals surface area contributed by atoms with E-state index >= 15 is 0 Å². The summed E-state index contributed by atoms with van der Waals surface area (Å²) in [4.78, 5) is 10.6. The number of aryl methyl sites for hydroxylation is 1. The second-order valence-electron chi connectivity index (χ2n) is 3.85. The highest BCUT2D eigenvalue weighted by atomic mass is 16.5. The normalized spacial score (nSPS) is 10.2. The number of amides is 1. The molecule has 19 heavy (non-hydrogen) atoms. The third-order valence-electron chi connectivity index (χ3n) is 2.63. The fourth-order valence-electron chi connectivity index (χ4n) is 1.80. The molecule has 0 unspecified atom stereocenters. The van der Waals surface area contributed by atoms with Crippen molar-refractivity contribution >= 4 is 11.8 Å². The zero-order valence-corrected chi connectivity index (χ0v) is 10.4. The van der Waals surface area contributed by atoms with E-state index in [9.17, 15) is 9.90 Å². The highest BCUT2D eigenvalue weighted by Crippen LogP contribution is 2.36. The minimum absolute atomic E-state index is 0.0119. The van der Waals surface area contributed by atoms with E-state index in [-0.39, 0.29) is 5.75 Å². The van der Waals surface area contributed by atoms with E-state index in [0.717, 1.165) is 0 Å². The first-order chi connectivity index (χ1) is 9.02. The van der Waals surface area contributed by atoms with E-state index < -0.39 is 6.09 Å². The molecule has 0 saturated heterocycles. The number of hydrogen-bond acceptors (Lipinski definition) is 4. The monoisotopic (exact) mass is 263 g/mol. The zero-order chi connectivity index (χ0) is 14.0. The van der Waals surface area contributed by atoms with Crippen molar-refractivity contribution in [1.29, 1.82) is 0 Å². The number of anilines is 1. The van der Waals surface area contributed by atoms with Crippen LogP contribution in [0, 0.1) is 0 Å². The fraction of sp³-hybridized carbons (Fsp3) is 0.167. The lowest BCUT2D eigenvalue weighted by atomic mass is 10.1. The summed E-state index contributed by atoms with van der Waals surface area (Å²) in [5.74, 6) is 0.503. The minimum Gasteiger partial charge on any atom is -0.507 e. The van der Waals surface area contributed by atoms with Crippen LogP contribution in [0.3, 0.4) is 0 Å². The van der Waals surface area contributed by atoms with Crippen molar-refractivity contribution in [1.82, 2.24) is 9.78 Å². The summed E-state index contributed by atoms with van der Waals surface area (Å²) in [5.41, 5.74) is 1.35. The molecule has 0 fully saturated rings. The molecular formula is C12H13N3O4. The van der Waals surface area contributed by atoms with Gasteiger partial charge in [0, 0.05) is 18.3 Å². The largest absolute Gasteiger partial charge is 0.507 e. The molecule has 0 atom stereocenters. The number of carbonyl (C=O) groups is 1. The molecule has 1 amide bonds. The van der Waals surface area contributed by atoms with Crippen LogP contribution in [-0.4, -0.2) is 33.2 Å². The van der Waals surface area contributed by atoms with Gasteiger partial charge in [0.25, 0.3) is 0 Å². The van der Waals surface area contributed by atoms with E-state index in [2.05, 4.69) is 10.4 Å². The Balaban J connectivity index is 2.54. The third-order valence-corrected chi connectivity index (χ3v) is 2.63. The molecule has 2 aromatic rings.